The largest absolute Gasteiger partial charge is 0.306 e. The van der Waals surface area contributed by atoms with Crippen molar-refractivity contribution in [3.8, 4) is 0 Å². The second-order valence-electron chi connectivity index (χ2n) is 4.89. The first-order valence-electron chi connectivity index (χ1n) is 5.94. The Morgan fingerprint density at radius 2 is 2.31 bits per heavy atom. The number of nitrogens with zero attached hydrogens (tertiary/aromatic N) is 3. The normalized spacial score (nSPS) is 24.8. The predicted octanol–water partition coefficient (Wildman–Crippen LogP) is 2.07. The molecule has 4 heteroatoms. The highest BCUT2D eigenvalue weighted by atomic mass is 79.9. The zero-order chi connectivity index (χ0) is 11.5. The molecular formula is C12H20BrN3. The van der Waals surface area contributed by atoms with Crippen LogP contribution in [0.2, 0.25) is 0 Å². The third kappa shape index (κ3) is 3.08. The Morgan fingerprint density at radius 1 is 1.56 bits per heavy atom. The lowest BCUT2D eigenvalue weighted by molar-refractivity contribution is 0.214. The van der Waals surface area contributed by atoms with E-state index in [1.165, 1.54) is 25.1 Å². The van der Waals surface area contributed by atoms with Gasteiger partial charge >= 0.3 is 0 Å². The van der Waals surface area contributed by atoms with Crippen LogP contribution in [0.3, 0.4) is 0 Å². The molecule has 3 nitrogen and oxygen atoms in total. The average molecular weight is 286 g/mol. The summed E-state index contributed by atoms with van der Waals surface area (Å²) in [5.74, 6) is 0.904. The van der Waals surface area contributed by atoms with Gasteiger partial charge in [0.2, 0.25) is 0 Å². The smallest absolute Gasteiger partial charge is 0.0492 e. The van der Waals surface area contributed by atoms with Crippen LogP contribution >= 0.6 is 15.9 Å². The van der Waals surface area contributed by atoms with Crippen molar-refractivity contribution in [2.75, 3.05) is 20.1 Å². The summed E-state index contributed by atoms with van der Waals surface area (Å²) in [7, 11) is 4.23. The molecule has 1 aliphatic rings. The molecule has 0 unspecified atom stereocenters. The van der Waals surface area contributed by atoms with E-state index in [9.17, 15) is 0 Å². The van der Waals surface area contributed by atoms with Crippen LogP contribution in [-0.4, -0.2) is 39.6 Å². The van der Waals surface area contributed by atoms with Crippen molar-refractivity contribution in [1.82, 2.24) is 14.7 Å². The zero-order valence-corrected chi connectivity index (χ0v) is 11.7. The number of halogens is 1. The highest BCUT2D eigenvalue weighted by molar-refractivity contribution is 9.09. The highest BCUT2D eigenvalue weighted by Gasteiger charge is 2.27. The molecule has 0 aliphatic heterocycles. The number of aryl methyl sites for hydroxylation is 1. The molecule has 1 saturated carbocycles. The quantitative estimate of drug-likeness (QED) is 0.773. The Balaban J connectivity index is 1.68. The van der Waals surface area contributed by atoms with Crippen LogP contribution in [0, 0.1) is 5.92 Å². The zero-order valence-electron chi connectivity index (χ0n) is 10.1. The van der Waals surface area contributed by atoms with Crippen LogP contribution in [-0.2, 0) is 13.5 Å². The molecule has 90 valence electrons. The van der Waals surface area contributed by atoms with Crippen LogP contribution in [0.5, 0.6) is 0 Å². The van der Waals surface area contributed by atoms with Crippen LogP contribution in [0.25, 0.3) is 0 Å². The Morgan fingerprint density at radius 3 is 2.88 bits per heavy atom. The molecule has 0 amide bonds. The minimum atomic E-state index is 0.781. The molecule has 1 aromatic heterocycles. The molecular weight excluding hydrogens is 266 g/mol. The molecule has 1 fully saturated rings. The lowest BCUT2D eigenvalue weighted by atomic mass is 9.85. The topological polar surface area (TPSA) is 21.1 Å². The Hall–Kier alpha value is -0.350. The first kappa shape index (κ1) is 12.1. The average Bonchev–Trinajstić information content (AvgIpc) is 2.59. The van der Waals surface area contributed by atoms with E-state index in [0.29, 0.717) is 0 Å². The number of rotatable bonds is 5. The minimum absolute atomic E-state index is 0.781. The maximum atomic E-state index is 4.18. The monoisotopic (exact) mass is 285 g/mol. The molecule has 2 rings (SSSR count). The van der Waals surface area contributed by atoms with Crippen molar-refractivity contribution in [3.05, 3.63) is 18.0 Å². The van der Waals surface area contributed by atoms with E-state index in [0.717, 1.165) is 23.7 Å². The summed E-state index contributed by atoms with van der Waals surface area (Å²) in [6.45, 7) is 2.36. The standard InChI is InChI=1S/C12H20BrN3/c1-15(9-10-7-11(13)8-10)6-4-12-3-5-14-16(12)2/h3,5,10-11H,4,6-9H2,1-2H3. The van der Waals surface area contributed by atoms with Crippen LogP contribution in [0.1, 0.15) is 18.5 Å². The van der Waals surface area contributed by atoms with E-state index in [1.807, 2.05) is 17.9 Å². The van der Waals surface area contributed by atoms with Gasteiger partial charge in [0.05, 0.1) is 0 Å². The second kappa shape index (κ2) is 5.32. The summed E-state index contributed by atoms with van der Waals surface area (Å²) in [4.78, 5) is 3.22. The summed E-state index contributed by atoms with van der Waals surface area (Å²) in [5.41, 5.74) is 1.32. The predicted molar refractivity (Wildman–Crippen MR) is 69.8 cm³/mol. The van der Waals surface area contributed by atoms with Gasteiger partial charge in [-0.25, -0.2) is 0 Å². The van der Waals surface area contributed by atoms with E-state index in [2.05, 4.69) is 39.0 Å². The summed E-state index contributed by atoms with van der Waals surface area (Å²) in [5, 5.41) is 4.18. The number of aromatic nitrogens is 2. The highest BCUT2D eigenvalue weighted by Crippen LogP contribution is 2.33. The molecule has 0 atom stereocenters. The van der Waals surface area contributed by atoms with E-state index >= 15 is 0 Å². The molecule has 0 saturated heterocycles. The number of hydrogen-bond acceptors (Lipinski definition) is 2. The third-order valence-electron chi connectivity index (χ3n) is 3.42. The van der Waals surface area contributed by atoms with Gasteiger partial charge in [0, 0.05) is 43.3 Å². The van der Waals surface area contributed by atoms with Crippen molar-refractivity contribution in [2.45, 2.75) is 24.1 Å². The van der Waals surface area contributed by atoms with Crippen molar-refractivity contribution >= 4 is 15.9 Å². The van der Waals surface area contributed by atoms with E-state index in [-0.39, 0.29) is 0 Å². The number of alkyl halides is 1. The fourth-order valence-electron chi connectivity index (χ4n) is 2.29. The van der Waals surface area contributed by atoms with Gasteiger partial charge in [0.25, 0.3) is 0 Å². The molecule has 0 N–H and O–H groups in total. The molecule has 0 bridgehead atoms. The number of likely N-dealkylation sites (N-methyl/N-ethyl adjacent to an activating group) is 1. The lowest BCUT2D eigenvalue weighted by Gasteiger charge is -2.34. The van der Waals surface area contributed by atoms with Crippen molar-refractivity contribution in [3.63, 3.8) is 0 Å². The number of hydrogen-bond donors (Lipinski definition) is 0. The van der Waals surface area contributed by atoms with Gasteiger partial charge in [-0.3, -0.25) is 4.68 Å². The molecule has 1 aliphatic carbocycles. The van der Waals surface area contributed by atoms with Gasteiger partial charge in [0.1, 0.15) is 0 Å². The Labute approximate surface area is 106 Å². The van der Waals surface area contributed by atoms with Gasteiger partial charge < -0.3 is 4.90 Å². The van der Waals surface area contributed by atoms with Crippen molar-refractivity contribution in [1.29, 1.82) is 0 Å². The third-order valence-corrected chi connectivity index (χ3v) is 4.17. The summed E-state index contributed by atoms with van der Waals surface area (Å²) in [6, 6.07) is 2.10. The Bertz CT molecular complexity index is 331. The molecule has 0 aromatic carbocycles. The van der Waals surface area contributed by atoms with E-state index in [4.69, 9.17) is 0 Å². The van der Waals surface area contributed by atoms with Crippen molar-refractivity contribution in [2.24, 2.45) is 13.0 Å². The summed E-state index contributed by atoms with van der Waals surface area (Å²) in [6.07, 6.45) is 5.65. The van der Waals surface area contributed by atoms with Gasteiger partial charge in [-0.2, -0.15) is 5.10 Å². The molecule has 0 spiro atoms. The molecule has 1 aromatic rings. The maximum Gasteiger partial charge on any atom is 0.0492 e. The van der Waals surface area contributed by atoms with Gasteiger partial charge in [-0.05, 0) is 31.9 Å². The van der Waals surface area contributed by atoms with Gasteiger partial charge in [0.15, 0.2) is 0 Å². The molecule has 1 heterocycles. The van der Waals surface area contributed by atoms with Gasteiger partial charge in [-0.1, -0.05) is 15.9 Å². The Kier molecular flexibility index (Phi) is 4.03. The second-order valence-corrected chi connectivity index (χ2v) is 6.19. The SMILES string of the molecule is CN(CCc1ccnn1C)CC1CC(Br)C1. The van der Waals surface area contributed by atoms with E-state index in [1.54, 1.807) is 0 Å². The van der Waals surface area contributed by atoms with Crippen LogP contribution < -0.4 is 0 Å². The fraction of sp³-hybridized carbons (Fsp3) is 0.750. The maximum absolute atomic E-state index is 4.18. The minimum Gasteiger partial charge on any atom is -0.306 e. The van der Waals surface area contributed by atoms with Crippen LogP contribution in [0.4, 0.5) is 0 Å². The first-order chi connectivity index (χ1) is 7.65. The van der Waals surface area contributed by atoms with Crippen molar-refractivity contribution < 1.29 is 0 Å². The molecule has 16 heavy (non-hydrogen) atoms. The first-order valence-corrected chi connectivity index (χ1v) is 6.86. The fourth-order valence-corrected chi connectivity index (χ4v) is 3.34. The van der Waals surface area contributed by atoms with E-state index < -0.39 is 0 Å². The van der Waals surface area contributed by atoms with Gasteiger partial charge in [-0.15, -0.1) is 0 Å². The summed E-state index contributed by atoms with van der Waals surface area (Å²) < 4.78 is 1.96. The lowest BCUT2D eigenvalue weighted by Crippen LogP contribution is -2.35. The molecule has 0 radical (unpaired) electrons. The summed E-state index contributed by atoms with van der Waals surface area (Å²) >= 11 is 3.64. The van der Waals surface area contributed by atoms with Crippen LogP contribution in [0.15, 0.2) is 12.3 Å².